The molecule has 0 aliphatic carbocycles. The first-order valence-electron chi connectivity index (χ1n) is 9.17. The average Bonchev–Trinajstić information content (AvgIpc) is 2.70. The molecule has 2 aromatic rings. The molecule has 0 saturated carbocycles. The van der Waals surface area contributed by atoms with Crippen molar-refractivity contribution in [3.8, 4) is 11.9 Å². The lowest BCUT2D eigenvalue weighted by atomic mass is 10.1. The molecule has 13 heteroatoms. The van der Waals surface area contributed by atoms with E-state index in [9.17, 15) is 33.1 Å². The van der Waals surface area contributed by atoms with Crippen LogP contribution in [-0.2, 0) is 15.8 Å². The van der Waals surface area contributed by atoms with Crippen LogP contribution >= 0.6 is 0 Å². The highest BCUT2D eigenvalue weighted by molar-refractivity contribution is 5.85. The summed E-state index contributed by atoms with van der Waals surface area (Å²) in [5.74, 6) is -3.38. The van der Waals surface area contributed by atoms with Gasteiger partial charge in [-0.05, 0) is 31.5 Å². The van der Waals surface area contributed by atoms with Crippen molar-refractivity contribution in [2.24, 2.45) is 5.73 Å². The Morgan fingerprint density at radius 1 is 1.34 bits per heavy atom. The van der Waals surface area contributed by atoms with Gasteiger partial charge in [-0.2, -0.15) is 28.4 Å². The molecule has 170 valence electrons. The molecule has 0 fully saturated rings. The second-order valence-corrected chi connectivity index (χ2v) is 6.41. The Morgan fingerprint density at radius 3 is 2.56 bits per heavy atom. The SMILES string of the molecule is CCOc1nc(N)nc(N(c2cccc(C(F)(F)F)c2)[C@@H](CCC(N)=O)C(=O)O)c1C#N. The quantitative estimate of drug-likeness (QED) is 0.516. The van der Waals surface area contributed by atoms with Gasteiger partial charge in [0.05, 0.1) is 12.2 Å². The van der Waals surface area contributed by atoms with Gasteiger partial charge in [0.1, 0.15) is 12.1 Å². The van der Waals surface area contributed by atoms with E-state index >= 15 is 0 Å². The number of aliphatic carboxylic acids is 1. The van der Waals surface area contributed by atoms with Crippen molar-refractivity contribution in [1.82, 2.24) is 9.97 Å². The number of aromatic nitrogens is 2. The smallest absolute Gasteiger partial charge is 0.416 e. The molecular formula is C19H19F3N6O4. The van der Waals surface area contributed by atoms with E-state index in [-0.39, 0.29) is 36.0 Å². The summed E-state index contributed by atoms with van der Waals surface area (Å²) in [6.07, 6.45) is -5.51. The van der Waals surface area contributed by atoms with E-state index in [0.717, 1.165) is 17.0 Å². The third-order valence-corrected chi connectivity index (χ3v) is 4.21. The molecule has 5 N–H and O–H groups in total. The Morgan fingerprint density at radius 2 is 2.03 bits per heavy atom. The first kappa shape index (κ1) is 24.2. The standard InChI is InChI=1S/C19H19F3N6O4/c1-2-32-16-12(9-23)15(26-18(25)27-16)28(13(17(30)31)6-7-14(24)29)11-5-3-4-10(8-11)19(20,21)22/h3-5,8,13H,2,6-7H2,1H3,(H2,24,29)(H,30,31)(H2,25,26,27)/t13-/m0/s1. The number of anilines is 3. The summed E-state index contributed by atoms with van der Waals surface area (Å²) < 4.78 is 45.2. The lowest BCUT2D eigenvalue weighted by Gasteiger charge is -2.31. The van der Waals surface area contributed by atoms with Gasteiger partial charge in [0, 0.05) is 12.1 Å². The number of primary amides is 1. The summed E-state index contributed by atoms with van der Waals surface area (Å²) in [6.45, 7) is 1.66. The monoisotopic (exact) mass is 452 g/mol. The highest BCUT2D eigenvalue weighted by Gasteiger charge is 2.35. The van der Waals surface area contributed by atoms with Gasteiger partial charge in [-0.1, -0.05) is 6.07 Å². The summed E-state index contributed by atoms with van der Waals surface area (Å²) in [4.78, 5) is 31.9. The summed E-state index contributed by atoms with van der Waals surface area (Å²) in [7, 11) is 0. The zero-order chi connectivity index (χ0) is 24.1. The van der Waals surface area contributed by atoms with E-state index < -0.39 is 42.0 Å². The van der Waals surface area contributed by atoms with Gasteiger partial charge < -0.3 is 26.2 Å². The van der Waals surface area contributed by atoms with Crippen molar-refractivity contribution in [3.05, 3.63) is 35.4 Å². The first-order valence-corrected chi connectivity index (χ1v) is 9.17. The maximum Gasteiger partial charge on any atom is 0.416 e. The number of hydrogen-bond donors (Lipinski definition) is 3. The molecule has 0 radical (unpaired) electrons. The van der Waals surface area contributed by atoms with E-state index in [2.05, 4.69) is 9.97 Å². The number of alkyl halides is 3. The molecule has 0 aliphatic rings. The zero-order valence-electron chi connectivity index (χ0n) is 16.8. The van der Waals surface area contributed by atoms with Crippen LogP contribution in [0.3, 0.4) is 0 Å². The Labute approximate surface area is 180 Å². The Hall–Kier alpha value is -4.08. The molecule has 1 aromatic carbocycles. The number of carbonyl (C=O) groups excluding carboxylic acids is 1. The van der Waals surface area contributed by atoms with E-state index in [4.69, 9.17) is 16.2 Å². The highest BCUT2D eigenvalue weighted by Crippen LogP contribution is 2.38. The largest absolute Gasteiger partial charge is 0.480 e. The summed E-state index contributed by atoms with van der Waals surface area (Å²) in [5.41, 5.74) is 9.15. The van der Waals surface area contributed by atoms with Crippen LogP contribution < -0.4 is 21.1 Å². The molecule has 1 amide bonds. The number of rotatable bonds is 9. The zero-order valence-corrected chi connectivity index (χ0v) is 16.8. The summed E-state index contributed by atoms with van der Waals surface area (Å²) >= 11 is 0. The number of halogens is 3. The summed E-state index contributed by atoms with van der Waals surface area (Å²) in [5, 5.41) is 19.5. The van der Waals surface area contributed by atoms with Gasteiger partial charge in [-0.3, -0.25) is 4.79 Å². The van der Waals surface area contributed by atoms with Crippen LogP contribution in [0, 0.1) is 11.3 Å². The molecule has 0 spiro atoms. The number of carbonyl (C=O) groups is 2. The summed E-state index contributed by atoms with van der Waals surface area (Å²) in [6, 6.07) is 3.92. The van der Waals surface area contributed by atoms with E-state index in [0.29, 0.717) is 6.07 Å². The molecule has 1 heterocycles. The molecule has 0 saturated heterocycles. The minimum Gasteiger partial charge on any atom is -0.480 e. The number of nitrogen functional groups attached to an aromatic ring is 1. The fourth-order valence-electron chi connectivity index (χ4n) is 2.88. The lowest BCUT2D eigenvalue weighted by Crippen LogP contribution is -2.40. The van der Waals surface area contributed by atoms with Crippen molar-refractivity contribution >= 4 is 29.3 Å². The fourth-order valence-corrected chi connectivity index (χ4v) is 2.88. The van der Waals surface area contributed by atoms with E-state index in [1.807, 2.05) is 0 Å². The van der Waals surface area contributed by atoms with Crippen LogP contribution in [0.1, 0.15) is 30.9 Å². The highest BCUT2D eigenvalue weighted by atomic mass is 19.4. The van der Waals surface area contributed by atoms with Crippen LogP contribution in [0.15, 0.2) is 24.3 Å². The third-order valence-electron chi connectivity index (χ3n) is 4.21. The number of carboxylic acids is 1. The predicted molar refractivity (Wildman–Crippen MR) is 106 cm³/mol. The van der Waals surface area contributed by atoms with Crippen LogP contribution in [-0.4, -0.2) is 39.6 Å². The number of benzene rings is 1. The van der Waals surface area contributed by atoms with Crippen LogP contribution in [0.25, 0.3) is 0 Å². The van der Waals surface area contributed by atoms with Gasteiger partial charge in [-0.15, -0.1) is 0 Å². The number of nitrogens with zero attached hydrogens (tertiary/aromatic N) is 4. The molecular weight excluding hydrogens is 433 g/mol. The lowest BCUT2D eigenvalue weighted by molar-refractivity contribution is -0.138. The van der Waals surface area contributed by atoms with Crippen LogP contribution in [0.4, 0.5) is 30.6 Å². The number of hydrogen-bond acceptors (Lipinski definition) is 8. The molecule has 10 nitrogen and oxygen atoms in total. The minimum atomic E-state index is -4.73. The molecule has 0 aliphatic heterocycles. The Balaban J connectivity index is 2.82. The van der Waals surface area contributed by atoms with Gasteiger partial charge in [0.2, 0.25) is 17.7 Å². The maximum absolute atomic E-state index is 13.3. The number of amides is 1. The van der Waals surface area contributed by atoms with Crippen molar-refractivity contribution in [2.45, 2.75) is 32.0 Å². The average molecular weight is 452 g/mol. The van der Waals surface area contributed by atoms with Crippen molar-refractivity contribution in [2.75, 3.05) is 17.2 Å². The predicted octanol–water partition coefficient (Wildman–Crippen LogP) is 2.20. The topological polar surface area (TPSA) is 168 Å². The normalized spacial score (nSPS) is 12.0. The third kappa shape index (κ3) is 5.54. The molecule has 32 heavy (non-hydrogen) atoms. The van der Waals surface area contributed by atoms with Crippen molar-refractivity contribution < 1.29 is 32.6 Å². The van der Waals surface area contributed by atoms with Gasteiger partial charge in [-0.25, -0.2) is 4.79 Å². The molecule has 2 rings (SSSR count). The Kier molecular flexibility index (Phi) is 7.42. The van der Waals surface area contributed by atoms with Crippen LogP contribution in [0.5, 0.6) is 5.88 Å². The van der Waals surface area contributed by atoms with Gasteiger partial charge in [0.25, 0.3) is 0 Å². The number of ether oxygens (including phenoxy) is 1. The van der Waals surface area contributed by atoms with E-state index in [1.54, 1.807) is 13.0 Å². The van der Waals surface area contributed by atoms with Crippen molar-refractivity contribution in [1.29, 1.82) is 5.26 Å². The van der Waals surface area contributed by atoms with Gasteiger partial charge >= 0.3 is 12.1 Å². The van der Waals surface area contributed by atoms with E-state index in [1.165, 1.54) is 6.07 Å². The fraction of sp³-hybridized carbons (Fsp3) is 0.316. The maximum atomic E-state index is 13.3. The first-order chi connectivity index (χ1) is 15.0. The molecule has 1 atom stereocenters. The molecule has 0 unspecified atom stereocenters. The second kappa shape index (κ2) is 9.82. The number of nitriles is 1. The second-order valence-electron chi connectivity index (χ2n) is 6.41. The van der Waals surface area contributed by atoms with Gasteiger partial charge in [0.15, 0.2) is 11.4 Å². The van der Waals surface area contributed by atoms with Crippen LogP contribution in [0.2, 0.25) is 0 Å². The molecule has 1 aromatic heterocycles. The molecule has 0 bridgehead atoms. The van der Waals surface area contributed by atoms with Crippen molar-refractivity contribution in [3.63, 3.8) is 0 Å². The number of nitrogens with two attached hydrogens (primary N) is 2. The number of carboxylic acid groups (broad SMARTS) is 1. The minimum absolute atomic E-state index is 0.0676. The Bertz CT molecular complexity index is 1050.